The van der Waals surface area contributed by atoms with Crippen LogP contribution in [0.3, 0.4) is 0 Å². The zero-order valence-electron chi connectivity index (χ0n) is 16.5. The maximum atomic E-state index is 12.7. The van der Waals surface area contributed by atoms with Crippen LogP contribution in [-0.4, -0.2) is 9.13 Å². The first-order valence-electron chi connectivity index (χ1n) is 8.57. The number of rotatable bonds is 2. The Kier molecular flexibility index (Phi) is 4.61. The van der Waals surface area contributed by atoms with Gasteiger partial charge in [-0.05, 0) is 77.6 Å². The van der Waals surface area contributed by atoms with Crippen molar-refractivity contribution < 1.29 is 0 Å². The highest BCUT2D eigenvalue weighted by atomic mass is 32.1. The fourth-order valence-corrected chi connectivity index (χ4v) is 5.23. The van der Waals surface area contributed by atoms with E-state index in [0.29, 0.717) is 0 Å². The van der Waals surface area contributed by atoms with E-state index < -0.39 is 0 Å². The van der Waals surface area contributed by atoms with Crippen LogP contribution < -0.4 is 9.75 Å². The number of nitrogens with zero attached hydrogens (tertiary/aromatic N) is 2. The molecule has 0 aliphatic carbocycles. The first kappa shape index (κ1) is 18.9. The van der Waals surface area contributed by atoms with Crippen LogP contribution in [0, 0.1) is 55.4 Å². The maximum Gasteiger partial charge on any atom is 0.312 e. The van der Waals surface area contributed by atoms with Crippen molar-refractivity contribution in [3.8, 4) is 11.4 Å². The molecule has 0 aliphatic rings. The topological polar surface area (TPSA) is 44.0 Å². The Balaban J connectivity index is 2.52. The summed E-state index contributed by atoms with van der Waals surface area (Å²) in [4.78, 5) is 27.4. The van der Waals surface area contributed by atoms with Crippen LogP contribution in [0.4, 0.5) is 0 Å². The molecule has 0 fully saturated rings. The predicted octanol–water partition coefficient (Wildman–Crippen LogP) is 4.58. The van der Waals surface area contributed by atoms with E-state index in [1.165, 1.54) is 22.7 Å². The molecule has 0 aliphatic heterocycles. The minimum Gasteiger partial charge on any atom is -0.271 e. The molecule has 3 rings (SSSR count). The number of hydrogen-bond donors (Lipinski definition) is 0. The van der Waals surface area contributed by atoms with Gasteiger partial charge in [0.25, 0.3) is 0 Å². The Hall–Kier alpha value is -1.92. The van der Waals surface area contributed by atoms with Gasteiger partial charge in [-0.3, -0.25) is 18.7 Å². The highest BCUT2D eigenvalue weighted by Crippen LogP contribution is 2.33. The average Bonchev–Trinajstić information content (AvgIpc) is 2.96. The van der Waals surface area contributed by atoms with Gasteiger partial charge in [0.05, 0.1) is 11.4 Å². The van der Waals surface area contributed by atoms with E-state index in [-0.39, 0.29) is 9.75 Å². The smallest absolute Gasteiger partial charge is 0.271 e. The molecular weight excluding hydrogens is 364 g/mol. The Morgan fingerprint density at radius 1 is 0.538 bits per heavy atom. The lowest BCUT2D eigenvalue weighted by Crippen LogP contribution is -2.21. The van der Waals surface area contributed by atoms with Crippen LogP contribution in [0.5, 0.6) is 0 Å². The zero-order chi connectivity index (χ0) is 19.5. The lowest BCUT2D eigenvalue weighted by Gasteiger charge is -2.22. The summed E-state index contributed by atoms with van der Waals surface area (Å²) < 4.78 is 3.61. The summed E-state index contributed by atoms with van der Waals surface area (Å²) in [6.07, 6.45) is 0. The summed E-state index contributed by atoms with van der Waals surface area (Å²) in [5.41, 5.74) is 8.00. The van der Waals surface area contributed by atoms with E-state index in [2.05, 4.69) is 20.8 Å². The van der Waals surface area contributed by atoms with Gasteiger partial charge >= 0.3 is 9.75 Å². The number of hydrogen-bond acceptors (Lipinski definition) is 4. The number of thiazole rings is 2. The lowest BCUT2D eigenvalue weighted by atomic mass is 9.95. The monoisotopic (exact) mass is 388 g/mol. The summed E-state index contributed by atoms with van der Waals surface area (Å²) in [6, 6.07) is 0. The van der Waals surface area contributed by atoms with Gasteiger partial charge in [-0.2, -0.15) is 0 Å². The van der Waals surface area contributed by atoms with Crippen LogP contribution in [0.25, 0.3) is 11.4 Å². The largest absolute Gasteiger partial charge is 0.312 e. The number of benzene rings is 1. The van der Waals surface area contributed by atoms with E-state index in [0.717, 1.165) is 54.8 Å². The van der Waals surface area contributed by atoms with Crippen LogP contribution in [0.1, 0.15) is 43.4 Å². The van der Waals surface area contributed by atoms with Crippen molar-refractivity contribution in [3.63, 3.8) is 0 Å². The van der Waals surface area contributed by atoms with Crippen molar-refractivity contribution in [3.05, 3.63) is 62.7 Å². The maximum absolute atomic E-state index is 12.7. The van der Waals surface area contributed by atoms with Crippen LogP contribution in [-0.2, 0) is 0 Å². The van der Waals surface area contributed by atoms with Gasteiger partial charge in [0.15, 0.2) is 0 Å². The fraction of sp³-hybridized carbons (Fsp3) is 0.400. The molecule has 0 radical (unpaired) electrons. The van der Waals surface area contributed by atoms with E-state index in [9.17, 15) is 9.59 Å². The van der Waals surface area contributed by atoms with E-state index in [1.807, 2.05) is 34.6 Å². The molecule has 138 valence electrons. The summed E-state index contributed by atoms with van der Waals surface area (Å²) >= 11 is 2.54. The van der Waals surface area contributed by atoms with E-state index in [1.54, 1.807) is 9.13 Å². The second-order valence-electron chi connectivity index (χ2n) is 6.89. The molecule has 0 spiro atoms. The first-order valence-corrected chi connectivity index (χ1v) is 10.2. The Morgan fingerprint density at radius 2 is 0.885 bits per heavy atom. The Morgan fingerprint density at radius 3 is 1.15 bits per heavy atom. The molecule has 0 amide bonds. The summed E-state index contributed by atoms with van der Waals surface area (Å²) in [6.45, 7) is 16.1. The molecule has 2 aromatic heterocycles. The second kappa shape index (κ2) is 6.35. The van der Waals surface area contributed by atoms with Crippen LogP contribution in [0.15, 0.2) is 9.59 Å². The summed E-state index contributed by atoms with van der Waals surface area (Å²) in [5.74, 6) is 0. The minimum absolute atomic E-state index is 0.0194. The summed E-state index contributed by atoms with van der Waals surface area (Å²) in [5, 5.41) is 0. The molecule has 1 aromatic carbocycles. The normalized spacial score (nSPS) is 11.4. The van der Waals surface area contributed by atoms with Gasteiger partial charge in [0.2, 0.25) is 0 Å². The molecule has 0 unspecified atom stereocenters. The molecule has 2 heterocycles. The van der Waals surface area contributed by atoms with Gasteiger partial charge in [-0.15, -0.1) is 0 Å². The van der Waals surface area contributed by atoms with E-state index in [4.69, 9.17) is 0 Å². The second-order valence-corrected chi connectivity index (χ2v) is 9.22. The van der Waals surface area contributed by atoms with Crippen molar-refractivity contribution in [2.45, 2.75) is 55.4 Å². The third-order valence-corrected chi connectivity index (χ3v) is 7.45. The minimum atomic E-state index is 0.0194. The molecule has 0 saturated carbocycles. The molecule has 4 nitrogen and oxygen atoms in total. The Bertz CT molecular complexity index is 1070. The molecule has 0 saturated heterocycles. The predicted molar refractivity (Wildman–Crippen MR) is 111 cm³/mol. The van der Waals surface area contributed by atoms with Crippen molar-refractivity contribution in [1.29, 1.82) is 0 Å². The van der Waals surface area contributed by atoms with Gasteiger partial charge in [0.1, 0.15) is 0 Å². The Labute approximate surface area is 161 Å². The molecule has 0 atom stereocenters. The average molecular weight is 389 g/mol. The number of aryl methyl sites for hydroxylation is 2. The van der Waals surface area contributed by atoms with E-state index >= 15 is 0 Å². The molecular formula is C20H24N2O2S2. The third-order valence-electron chi connectivity index (χ3n) is 5.53. The molecule has 0 bridgehead atoms. The quantitative estimate of drug-likeness (QED) is 0.645. The third kappa shape index (κ3) is 2.55. The lowest BCUT2D eigenvalue weighted by molar-refractivity contribution is 0.903. The fourth-order valence-electron chi connectivity index (χ4n) is 3.59. The highest BCUT2D eigenvalue weighted by Gasteiger charge is 2.23. The molecule has 26 heavy (non-hydrogen) atoms. The zero-order valence-corrected chi connectivity index (χ0v) is 18.2. The SMILES string of the molecule is Cc1sc(=O)n(-c2c(C)c(C)c(C)c(-n3c(C)c(C)sc3=O)c2C)c1C. The highest BCUT2D eigenvalue weighted by molar-refractivity contribution is 7.09. The van der Waals surface area contributed by atoms with Crippen LogP contribution in [0.2, 0.25) is 0 Å². The number of aromatic nitrogens is 2. The van der Waals surface area contributed by atoms with Gasteiger partial charge in [-0.1, -0.05) is 22.7 Å². The first-order chi connectivity index (χ1) is 12.1. The van der Waals surface area contributed by atoms with Gasteiger partial charge in [0, 0.05) is 21.1 Å². The molecule has 6 heteroatoms. The summed E-state index contributed by atoms with van der Waals surface area (Å²) in [7, 11) is 0. The van der Waals surface area contributed by atoms with Crippen LogP contribution >= 0.6 is 22.7 Å². The van der Waals surface area contributed by atoms with Crippen molar-refractivity contribution in [2.24, 2.45) is 0 Å². The van der Waals surface area contributed by atoms with Gasteiger partial charge in [-0.25, -0.2) is 0 Å². The van der Waals surface area contributed by atoms with Crippen molar-refractivity contribution in [1.82, 2.24) is 9.13 Å². The van der Waals surface area contributed by atoms with Crippen molar-refractivity contribution in [2.75, 3.05) is 0 Å². The standard InChI is InChI=1S/C20H24N2O2S2/c1-9-10(2)17(21-13(5)15(7)25-19(21)23)12(4)18(11(9)3)22-14(6)16(8)26-20(22)24/h1-8H3. The van der Waals surface area contributed by atoms with Gasteiger partial charge < -0.3 is 0 Å². The van der Waals surface area contributed by atoms with Crippen molar-refractivity contribution >= 4 is 22.7 Å². The molecule has 3 aromatic rings. The molecule has 0 N–H and O–H groups in total.